The fourth-order valence-electron chi connectivity index (χ4n) is 4.97. The van der Waals surface area contributed by atoms with Crippen molar-refractivity contribution >= 4 is 16.6 Å². The average molecular weight is 504 g/mol. The molecule has 10 nitrogen and oxygen atoms in total. The number of anilines is 1. The van der Waals surface area contributed by atoms with Gasteiger partial charge in [-0.3, -0.25) is 9.69 Å². The summed E-state index contributed by atoms with van der Waals surface area (Å²) < 4.78 is 12.8. The molecule has 0 amide bonds. The summed E-state index contributed by atoms with van der Waals surface area (Å²) in [6.07, 6.45) is 0. The van der Waals surface area contributed by atoms with E-state index in [4.69, 9.17) is 9.47 Å². The second-order valence-corrected chi connectivity index (χ2v) is 10.2. The number of pyridine rings is 1. The van der Waals surface area contributed by atoms with Gasteiger partial charge in [0.2, 0.25) is 0 Å². The van der Waals surface area contributed by atoms with E-state index in [2.05, 4.69) is 75.3 Å². The Balaban J connectivity index is 1.59. The molecule has 0 bridgehead atoms. The van der Waals surface area contributed by atoms with Crippen LogP contribution in [-0.2, 0) is 5.54 Å². The molecule has 1 N–H and O–H groups in total. The highest BCUT2D eigenvalue weighted by atomic mass is 16.5. The Labute approximate surface area is 215 Å². The maximum absolute atomic E-state index is 13.6. The van der Waals surface area contributed by atoms with Gasteiger partial charge >= 0.3 is 0 Å². The fourth-order valence-corrected chi connectivity index (χ4v) is 4.97. The molecule has 4 aromatic rings. The van der Waals surface area contributed by atoms with E-state index in [1.54, 1.807) is 20.3 Å². The van der Waals surface area contributed by atoms with Crippen LogP contribution < -0.4 is 19.9 Å². The van der Waals surface area contributed by atoms with E-state index in [-0.39, 0.29) is 11.1 Å². The predicted molar refractivity (Wildman–Crippen MR) is 143 cm³/mol. The molecule has 1 atom stereocenters. The second-order valence-electron chi connectivity index (χ2n) is 10.2. The third-order valence-electron chi connectivity index (χ3n) is 6.85. The van der Waals surface area contributed by atoms with Crippen LogP contribution in [0.15, 0.2) is 53.3 Å². The van der Waals surface area contributed by atoms with E-state index in [1.807, 2.05) is 22.9 Å². The van der Waals surface area contributed by atoms with Crippen LogP contribution in [0, 0.1) is 0 Å². The van der Waals surface area contributed by atoms with E-state index in [1.165, 1.54) is 5.69 Å². The number of benzene rings is 2. The van der Waals surface area contributed by atoms with Gasteiger partial charge in [0.15, 0.2) is 17.3 Å². The van der Waals surface area contributed by atoms with Crippen molar-refractivity contribution in [2.75, 3.05) is 45.3 Å². The molecule has 0 unspecified atom stereocenters. The molecule has 5 rings (SSSR count). The van der Waals surface area contributed by atoms with Crippen LogP contribution >= 0.6 is 0 Å². The number of aromatic nitrogens is 5. The summed E-state index contributed by atoms with van der Waals surface area (Å²) in [5.41, 5.74) is 1.92. The van der Waals surface area contributed by atoms with E-state index in [0.29, 0.717) is 28.4 Å². The highest BCUT2D eigenvalue weighted by Crippen LogP contribution is 2.34. The van der Waals surface area contributed by atoms with Crippen LogP contribution in [0.2, 0.25) is 0 Å². The zero-order valence-corrected chi connectivity index (χ0v) is 21.9. The Morgan fingerprint density at radius 3 is 2.27 bits per heavy atom. The lowest BCUT2D eigenvalue weighted by atomic mass is 10.0. The predicted octanol–water partition coefficient (Wildman–Crippen LogP) is 3.20. The van der Waals surface area contributed by atoms with Gasteiger partial charge in [-0.15, -0.1) is 5.10 Å². The zero-order chi connectivity index (χ0) is 26.2. The summed E-state index contributed by atoms with van der Waals surface area (Å²) in [7, 11) is 3.18. The number of hydrogen-bond donors (Lipinski definition) is 1. The minimum atomic E-state index is -0.423. The Morgan fingerprint density at radius 1 is 0.946 bits per heavy atom. The lowest BCUT2D eigenvalue weighted by Gasteiger charge is -2.40. The Kier molecular flexibility index (Phi) is 6.59. The number of piperazine rings is 1. The first-order valence-corrected chi connectivity index (χ1v) is 12.4. The minimum Gasteiger partial charge on any atom is -0.493 e. The Hall–Kier alpha value is -3.92. The van der Waals surface area contributed by atoms with Crippen molar-refractivity contribution < 1.29 is 9.47 Å². The first-order chi connectivity index (χ1) is 17.8. The number of methoxy groups -OCH3 is 2. The molecule has 194 valence electrons. The summed E-state index contributed by atoms with van der Waals surface area (Å²) in [4.78, 5) is 21.3. The standard InChI is InChI=1S/C27H33N7O3/c1-27(2,3)34-25(29-30-31-34)24(33-13-11-32(12-14-33)19-9-7-6-8-10-19)20-15-18-16-22(36-4)23(37-5)17-21(18)28-26(20)35/h6-10,15-17,24H,11-14H2,1-5H3,(H,28,35)/t24-/m1/s1. The first kappa shape index (κ1) is 24.8. The number of ether oxygens (including phenoxy) is 2. The SMILES string of the molecule is COc1cc2cc([C@H](c3nnnn3C(C)(C)C)N3CCN(c4ccccc4)CC3)c(=O)[nH]c2cc1OC. The van der Waals surface area contributed by atoms with Gasteiger partial charge in [-0.25, -0.2) is 4.68 Å². The molecule has 1 saturated heterocycles. The monoisotopic (exact) mass is 503 g/mol. The molecule has 1 aliphatic heterocycles. The first-order valence-electron chi connectivity index (χ1n) is 12.4. The third kappa shape index (κ3) is 4.76. The molecule has 3 heterocycles. The van der Waals surface area contributed by atoms with Gasteiger partial charge in [-0.05, 0) is 55.5 Å². The highest BCUT2D eigenvalue weighted by molar-refractivity contribution is 5.83. The van der Waals surface area contributed by atoms with Crippen LogP contribution in [0.3, 0.4) is 0 Å². The Bertz CT molecular complexity index is 1430. The lowest BCUT2D eigenvalue weighted by Crippen LogP contribution is -2.49. The highest BCUT2D eigenvalue weighted by Gasteiger charge is 2.35. The van der Waals surface area contributed by atoms with Gasteiger partial charge in [0.25, 0.3) is 5.56 Å². The van der Waals surface area contributed by atoms with Crippen LogP contribution in [0.4, 0.5) is 5.69 Å². The van der Waals surface area contributed by atoms with E-state index >= 15 is 0 Å². The maximum Gasteiger partial charge on any atom is 0.253 e. The van der Waals surface area contributed by atoms with Crippen LogP contribution in [-0.4, -0.2) is 70.5 Å². The molecule has 2 aromatic heterocycles. The van der Waals surface area contributed by atoms with Gasteiger partial charge in [-0.2, -0.15) is 0 Å². The number of nitrogens with zero attached hydrogens (tertiary/aromatic N) is 6. The van der Waals surface area contributed by atoms with E-state index in [0.717, 1.165) is 31.6 Å². The quantitative estimate of drug-likeness (QED) is 0.428. The Morgan fingerprint density at radius 2 is 1.62 bits per heavy atom. The molecule has 0 aliphatic carbocycles. The van der Waals surface area contributed by atoms with Crippen LogP contribution in [0.25, 0.3) is 10.9 Å². The normalized spacial score (nSPS) is 15.6. The number of para-hydroxylation sites is 1. The molecule has 0 radical (unpaired) electrons. The summed E-state index contributed by atoms with van der Waals surface area (Å²) in [5.74, 6) is 1.80. The molecule has 1 fully saturated rings. The molecular formula is C27H33N7O3. The van der Waals surface area contributed by atoms with Crippen molar-refractivity contribution in [1.29, 1.82) is 0 Å². The number of fused-ring (bicyclic) bond motifs is 1. The van der Waals surface area contributed by atoms with Gasteiger partial charge in [0, 0.05) is 48.9 Å². The second kappa shape index (κ2) is 9.85. The number of hydrogen-bond acceptors (Lipinski definition) is 8. The topological polar surface area (TPSA) is 101 Å². The van der Waals surface area contributed by atoms with E-state index in [9.17, 15) is 4.79 Å². The van der Waals surface area contributed by atoms with Gasteiger partial charge in [-0.1, -0.05) is 18.2 Å². The molecule has 0 saturated carbocycles. The average Bonchev–Trinajstić information content (AvgIpc) is 3.40. The van der Waals surface area contributed by atoms with Crippen molar-refractivity contribution in [3.05, 3.63) is 70.3 Å². The van der Waals surface area contributed by atoms with Crippen molar-refractivity contribution in [3.8, 4) is 11.5 Å². The van der Waals surface area contributed by atoms with Crippen LogP contribution in [0.5, 0.6) is 11.5 Å². The van der Waals surface area contributed by atoms with E-state index < -0.39 is 6.04 Å². The molecule has 0 spiro atoms. The minimum absolute atomic E-state index is 0.182. The van der Waals surface area contributed by atoms with Crippen molar-refractivity contribution in [3.63, 3.8) is 0 Å². The summed E-state index contributed by atoms with van der Waals surface area (Å²) >= 11 is 0. The van der Waals surface area contributed by atoms with Crippen LogP contribution in [0.1, 0.15) is 38.2 Å². The molecular weight excluding hydrogens is 470 g/mol. The van der Waals surface area contributed by atoms with Gasteiger partial charge in [0.1, 0.15) is 6.04 Å². The lowest BCUT2D eigenvalue weighted by molar-refractivity contribution is 0.190. The third-order valence-corrected chi connectivity index (χ3v) is 6.85. The number of nitrogens with one attached hydrogen (secondary N) is 1. The number of H-pyrrole nitrogens is 1. The number of tetrazole rings is 1. The van der Waals surface area contributed by atoms with Crippen molar-refractivity contribution in [2.45, 2.75) is 32.4 Å². The summed E-state index contributed by atoms with van der Waals surface area (Å²) in [6.45, 7) is 9.32. The zero-order valence-electron chi connectivity index (χ0n) is 21.9. The molecule has 10 heteroatoms. The number of aromatic amines is 1. The largest absolute Gasteiger partial charge is 0.493 e. The molecule has 2 aromatic carbocycles. The summed E-state index contributed by atoms with van der Waals surface area (Å²) in [6, 6.07) is 15.6. The summed E-state index contributed by atoms with van der Waals surface area (Å²) in [5, 5.41) is 13.6. The van der Waals surface area contributed by atoms with Crippen molar-refractivity contribution in [1.82, 2.24) is 30.1 Å². The van der Waals surface area contributed by atoms with Crippen molar-refractivity contribution in [2.24, 2.45) is 0 Å². The maximum atomic E-state index is 13.6. The van der Waals surface area contributed by atoms with Gasteiger partial charge < -0.3 is 19.4 Å². The molecule has 1 aliphatic rings. The number of rotatable bonds is 6. The smallest absolute Gasteiger partial charge is 0.253 e. The van der Waals surface area contributed by atoms with Gasteiger partial charge in [0.05, 0.1) is 25.3 Å². The molecule has 37 heavy (non-hydrogen) atoms. The fraction of sp³-hybridized carbons (Fsp3) is 0.407.